The number of urea groups is 1. The summed E-state index contributed by atoms with van der Waals surface area (Å²) in [6, 6.07) is 3.83. The first-order valence-corrected chi connectivity index (χ1v) is 9.34. The van der Waals surface area contributed by atoms with Crippen LogP contribution >= 0.6 is 15.9 Å². The molecule has 2 aliphatic rings. The molecule has 8 heteroatoms. The number of esters is 1. The highest BCUT2D eigenvalue weighted by molar-refractivity contribution is 9.10. The van der Waals surface area contributed by atoms with Crippen molar-refractivity contribution in [1.29, 1.82) is 0 Å². The van der Waals surface area contributed by atoms with E-state index in [1.807, 2.05) is 0 Å². The molecule has 0 aromatic heterocycles. The second-order valence-corrected chi connectivity index (χ2v) is 7.90. The van der Waals surface area contributed by atoms with Crippen LogP contribution < -0.4 is 5.32 Å². The molecular formula is C18H20BrFN2O4. The van der Waals surface area contributed by atoms with E-state index in [0.29, 0.717) is 23.2 Å². The molecule has 140 valence electrons. The first kappa shape index (κ1) is 18.8. The fraction of sp³-hybridized carbons (Fsp3) is 0.500. The number of imide groups is 1. The third-order valence-electron chi connectivity index (χ3n) is 5.06. The van der Waals surface area contributed by atoms with Crippen molar-refractivity contribution in [1.82, 2.24) is 10.2 Å². The molecule has 1 heterocycles. The van der Waals surface area contributed by atoms with Gasteiger partial charge in [0, 0.05) is 10.0 Å². The van der Waals surface area contributed by atoms with Gasteiger partial charge in [0.2, 0.25) is 0 Å². The Hall–Kier alpha value is -1.96. The lowest BCUT2D eigenvalue weighted by molar-refractivity contribution is -0.149. The number of carbonyl (C=O) groups excluding carboxylic acids is 3. The Morgan fingerprint density at radius 2 is 2.08 bits per heavy atom. The van der Waals surface area contributed by atoms with Gasteiger partial charge in [0.15, 0.2) is 0 Å². The van der Waals surface area contributed by atoms with Gasteiger partial charge in [0.25, 0.3) is 5.91 Å². The minimum Gasteiger partial charge on any atom is -0.459 e. The van der Waals surface area contributed by atoms with Crippen molar-refractivity contribution in [3.05, 3.63) is 34.1 Å². The van der Waals surface area contributed by atoms with Crippen LogP contribution in [0.25, 0.3) is 0 Å². The van der Waals surface area contributed by atoms with Gasteiger partial charge in [-0.15, -0.1) is 0 Å². The van der Waals surface area contributed by atoms with Crippen LogP contribution in [0.2, 0.25) is 0 Å². The zero-order valence-electron chi connectivity index (χ0n) is 14.4. The molecule has 1 N–H and O–H groups in total. The molecule has 1 aliphatic carbocycles. The molecule has 3 amide bonds. The number of halogens is 2. The Morgan fingerprint density at radius 1 is 1.38 bits per heavy atom. The van der Waals surface area contributed by atoms with Gasteiger partial charge in [0.05, 0.1) is 0 Å². The molecule has 1 spiro atoms. The number of hydrogen-bond acceptors (Lipinski definition) is 4. The van der Waals surface area contributed by atoms with Crippen molar-refractivity contribution < 1.29 is 23.5 Å². The minimum absolute atomic E-state index is 0.219. The fourth-order valence-corrected chi connectivity index (χ4v) is 3.72. The predicted molar refractivity (Wildman–Crippen MR) is 94.5 cm³/mol. The number of carbonyl (C=O) groups is 3. The average Bonchev–Trinajstić information content (AvgIpc) is 2.81. The first-order valence-electron chi connectivity index (χ1n) is 8.54. The Morgan fingerprint density at radius 3 is 2.73 bits per heavy atom. The predicted octanol–water partition coefficient (Wildman–Crippen LogP) is 3.13. The number of benzene rings is 1. The van der Waals surface area contributed by atoms with Crippen molar-refractivity contribution in [2.24, 2.45) is 5.92 Å². The zero-order valence-corrected chi connectivity index (χ0v) is 16.0. The molecular weight excluding hydrogens is 407 g/mol. The molecule has 0 bridgehead atoms. The van der Waals surface area contributed by atoms with Crippen molar-refractivity contribution in [2.45, 2.75) is 44.8 Å². The van der Waals surface area contributed by atoms with Gasteiger partial charge >= 0.3 is 12.0 Å². The lowest BCUT2D eigenvalue weighted by Crippen LogP contribution is -2.49. The van der Waals surface area contributed by atoms with Gasteiger partial charge in [-0.25, -0.2) is 9.18 Å². The van der Waals surface area contributed by atoms with Crippen LogP contribution in [0.1, 0.15) is 38.2 Å². The van der Waals surface area contributed by atoms with Gasteiger partial charge in [-0.3, -0.25) is 14.5 Å². The quantitative estimate of drug-likeness (QED) is 0.592. The van der Waals surface area contributed by atoms with Crippen molar-refractivity contribution >= 4 is 33.8 Å². The van der Waals surface area contributed by atoms with Crippen molar-refractivity contribution in [2.75, 3.05) is 6.54 Å². The van der Waals surface area contributed by atoms with Gasteiger partial charge in [-0.2, -0.15) is 0 Å². The second-order valence-electron chi connectivity index (χ2n) is 6.98. The van der Waals surface area contributed by atoms with E-state index < -0.39 is 29.9 Å². The topological polar surface area (TPSA) is 75.7 Å². The van der Waals surface area contributed by atoms with Crippen LogP contribution in [-0.4, -0.2) is 34.9 Å². The van der Waals surface area contributed by atoms with E-state index >= 15 is 0 Å². The molecule has 26 heavy (non-hydrogen) atoms. The van der Waals surface area contributed by atoms with E-state index in [2.05, 4.69) is 28.2 Å². The highest BCUT2D eigenvalue weighted by Crippen LogP contribution is 2.36. The van der Waals surface area contributed by atoms with E-state index in [-0.39, 0.29) is 18.1 Å². The highest BCUT2D eigenvalue weighted by atomic mass is 79.9. The number of rotatable bonds is 4. The van der Waals surface area contributed by atoms with E-state index in [4.69, 9.17) is 4.74 Å². The third-order valence-corrected chi connectivity index (χ3v) is 5.56. The first-order chi connectivity index (χ1) is 12.3. The molecule has 1 saturated heterocycles. The summed E-state index contributed by atoms with van der Waals surface area (Å²) < 4.78 is 19.4. The molecule has 0 atom stereocenters. The number of amides is 3. The fourth-order valence-electron chi connectivity index (χ4n) is 3.39. The molecule has 1 aromatic rings. The molecule has 1 aromatic carbocycles. The van der Waals surface area contributed by atoms with Crippen LogP contribution in [0.15, 0.2) is 22.7 Å². The Labute approximate surface area is 159 Å². The molecule has 0 unspecified atom stereocenters. The zero-order chi connectivity index (χ0) is 18.9. The minimum atomic E-state index is -0.887. The lowest BCUT2D eigenvalue weighted by atomic mass is 9.77. The number of ether oxygens (including phenoxy) is 1. The lowest BCUT2D eigenvalue weighted by Gasteiger charge is -2.33. The summed E-state index contributed by atoms with van der Waals surface area (Å²) in [6.07, 6.45) is 2.86. The molecule has 3 rings (SSSR count). The maximum absolute atomic E-state index is 13.8. The number of nitrogens with one attached hydrogen (secondary N) is 1. The third kappa shape index (κ3) is 3.75. The highest BCUT2D eigenvalue weighted by Gasteiger charge is 2.52. The van der Waals surface area contributed by atoms with Crippen LogP contribution in [0.3, 0.4) is 0 Å². The number of hydrogen-bond donors (Lipinski definition) is 1. The van der Waals surface area contributed by atoms with Crippen molar-refractivity contribution in [3.63, 3.8) is 0 Å². The van der Waals surface area contributed by atoms with E-state index in [1.54, 1.807) is 6.07 Å². The monoisotopic (exact) mass is 426 g/mol. The Bertz CT molecular complexity index is 747. The van der Waals surface area contributed by atoms with Crippen LogP contribution in [0.4, 0.5) is 9.18 Å². The van der Waals surface area contributed by atoms with E-state index in [1.165, 1.54) is 12.1 Å². The Kier molecular flexibility index (Phi) is 5.32. The summed E-state index contributed by atoms with van der Waals surface area (Å²) in [6.45, 7) is 1.38. The van der Waals surface area contributed by atoms with Gasteiger partial charge in [-0.05, 0) is 43.7 Å². The van der Waals surface area contributed by atoms with Crippen LogP contribution in [-0.2, 0) is 20.9 Å². The summed E-state index contributed by atoms with van der Waals surface area (Å²) in [5, 5.41) is 2.75. The molecule has 2 fully saturated rings. The molecule has 1 aliphatic heterocycles. The average molecular weight is 427 g/mol. The summed E-state index contributed by atoms with van der Waals surface area (Å²) in [5.74, 6) is -1.11. The van der Waals surface area contributed by atoms with Crippen LogP contribution in [0, 0.1) is 11.7 Å². The smallest absolute Gasteiger partial charge is 0.326 e. The Balaban J connectivity index is 1.59. The number of nitrogens with zero attached hydrogens (tertiary/aromatic N) is 1. The maximum atomic E-state index is 13.8. The second kappa shape index (κ2) is 7.34. The molecule has 0 radical (unpaired) electrons. The SMILES string of the molecule is CC1CCC2(CC1)NC(=O)N(CC(=O)OCc1ccc(Br)cc1F)C2=O. The largest absolute Gasteiger partial charge is 0.459 e. The van der Waals surface area contributed by atoms with Crippen molar-refractivity contribution in [3.8, 4) is 0 Å². The summed E-state index contributed by atoms with van der Waals surface area (Å²) in [7, 11) is 0. The molecule has 1 saturated carbocycles. The van der Waals surface area contributed by atoms with E-state index in [0.717, 1.165) is 17.7 Å². The summed E-state index contributed by atoms with van der Waals surface area (Å²) >= 11 is 3.15. The molecule has 6 nitrogen and oxygen atoms in total. The van der Waals surface area contributed by atoms with Gasteiger partial charge in [0.1, 0.15) is 24.5 Å². The summed E-state index contributed by atoms with van der Waals surface area (Å²) in [5.41, 5.74) is -0.668. The van der Waals surface area contributed by atoms with Gasteiger partial charge < -0.3 is 10.1 Å². The van der Waals surface area contributed by atoms with E-state index in [9.17, 15) is 18.8 Å². The van der Waals surface area contributed by atoms with Crippen LogP contribution in [0.5, 0.6) is 0 Å². The standard InChI is InChI=1S/C18H20BrFN2O4/c1-11-4-6-18(7-5-11)16(24)22(17(25)21-18)9-15(23)26-10-12-2-3-13(19)8-14(12)20/h2-3,8,11H,4-7,9-10H2,1H3,(H,21,25). The normalized spacial score (nSPS) is 25.5. The van der Waals surface area contributed by atoms with Gasteiger partial charge in [-0.1, -0.05) is 28.9 Å². The summed E-state index contributed by atoms with van der Waals surface area (Å²) in [4.78, 5) is 37.8. The maximum Gasteiger partial charge on any atom is 0.326 e.